The molecule has 0 amide bonds. The van der Waals surface area contributed by atoms with Gasteiger partial charge >= 0.3 is 0 Å². The minimum Gasteiger partial charge on any atom is -0.456 e. The Labute approximate surface area is 453 Å². The molecule has 364 valence electrons. The zero-order valence-corrected chi connectivity index (χ0v) is 42.8. The van der Waals surface area contributed by atoms with Gasteiger partial charge in [0.05, 0.1) is 5.41 Å². The molecule has 1 aromatic heterocycles. The van der Waals surface area contributed by atoms with E-state index in [4.69, 9.17) is 4.42 Å². The second kappa shape index (κ2) is 16.0. The van der Waals surface area contributed by atoms with Gasteiger partial charge in [0, 0.05) is 56.4 Å². The molecular weight excluding hydrogens is 945 g/mol. The normalized spacial score (nSPS) is 15.6. The van der Waals surface area contributed by atoms with E-state index in [2.05, 4.69) is 284 Å². The molecule has 1 spiro atoms. The maximum atomic E-state index is 6.70. The second-order valence-electron chi connectivity index (χ2n) is 21.7. The molecule has 78 heavy (non-hydrogen) atoms. The highest BCUT2D eigenvalue weighted by Crippen LogP contribution is 2.63. The quantitative estimate of drug-likeness (QED) is 0.175. The third-order valence-electron chi connectivity index (χ3n) is 17.8. The van der Waals surface area contributed by atoms with Crippen LogP contribution in [0.2, 0.25) is 0 Å². The van der Waals surface area contributed by atoms with Crippen LogP contribution < -0.4 is 9.80 Å². The van der Waals surface area contributed by atoms with E-state index in [1.807, 2.05) is 6.07 Å². The highest BCUT2D eigenvalue weighted by Gasteiger charge is 2.51. The minimum absolute atomic E-state index is 0.461. The van der Waals surface area contributed by atoms with E-state index in [1.54, 1.807) is 0 Å². The van der Waals surface area contributed by atoms with Crippen molar-refractivity contribution in [1.82, 2.24) is 0 Å². The zero-order chi connectivity index (χ0) is 51.3. The molecule has 0 radical (unpaired) electrons. The molecule has 0 saturated carbocycles. The highest BCUT2D eigenvalue weighted by atomic mass is 16.3. The van der Waals surface area contributed by atoms with E-state index in [0.29, 0.717) is 0 Å². The number of furan rings is 1. The van der Waals surface area contributed by atoms with Gasteiger partial charge in [0.2, 0.25) is 0 Å². The average molecular weight is 993 g/mol. The standard InChI is InChI=1S/C75H48N2O/c1-74-51-20-16-22-53(43-51)77(55-35-38-65-64-27-9-14-32-72(64)78-73(65)46-55)57-41-50(49-33-36-63-61-26-8-13-31-69(61)75(71(63)42-49)67-29-11-6-24-59(67)60-25-7-12-30-68(60)75)40-56(44-57)76(52-21-15-19-48(39-52)47-17-3-2-4-18-47)54-34-37-62(70(74)45-54)58-23-5-10-28-66(58)74/h2-46H,1H3. The van der Waals surface area contributed by atoms with Crippen molar-refractivity contribution < 1.29 is 4.42 Å². The number of benzene rings is 12. The number of fused-ring (bicyclic) bond motifs is 22. The molecule has 0 saturated heterocycles. The predicted molar refractivity (Wildman–Crippen MR) is 321 cm³/mol. The summed E-state index contributed by atoms with van der Waals surface area (Å²) in [7, 11) is 0. The summed E-state index contributed by atoms with van der Waals surface area (Å²) in [5.41, 5.74) is 28.5. The van der Waals surface area contributed by atoms with Crippen LogP contribution in [-0.4, -0.2) is 0 Å². The fourth-order valence-electron chi connectivity index (χ4n) is 14.4. The lowest BCUT2D eigenvalue weighted by molar-refractivity contribution is 0.669. The van der Waals surface area contributed by atoms with E-state index in [-0.39, 0.29) is 0 Å². The minimum atomic E-state index is -0.487. The van der Waals surface area contributed by atoms with Gasteiger partial charge in [-0.3, -0.25) is 0 Å². The SMILES string of the molecule is CC12c3cccc(c3)N(c3ccc4c(c3)oc3ccccc34)c3cc(-c4ccc5c(c4)C4(c6ccccc6-c6ccccc64)c4ccccc4-5)cc(c3)N(c3cccc(-c4ccccc4)c3)c3ccc(c1c3)-c1ccccc12. The van der Waals surface area contributed by atoms with Gasteiger partial charge < -0.3 is 14.2 Å². The lowest BCUT2D eigenvalue weighted by atomic mass is 9.70. The summed E-state index contributed by atoms with van der Waals surface area (Å²) in [6.07, 6.45) is 0. The maximum absolute atomic E-state index is 6.70. The first kappa shape index (κ1) is 43.3. The van der Waals surface area contributed by atoms with Crippen LogP contribution in [0.15, 0.2) is 277 Å². The van der Waals surface area contributed by atoms with Gasteiger partial charge in [-0.15, -0.1) is 0 Å². The topological polar surface area (TPSA) is 19.6 Å². The fourth-order valence-corrected chi connectivity index (χ4v) is 14.4. The van der Waals surface area contributed by atoms with Crippen molar-refractivity contribution >= 4 is 56.1 Å². The van der Waals surface area contributed by atoms with Crippen LogP contribution in [0.25, 0.3) is 77.6 Å². The first-order valence-electron chi connectivity index (χ1n) is 27.1. The molecule has 17 rings (SSSR count). The molecule has 0 fully saturated rings. The number of hydrogen-bond acceptors (Lipinski definition) is 3. The van der Waals surface area contributed by atoms with Crippen LogP contribution in [0.4, 0.5) is 34.1 Å². The number of hydrogen-bond donors (Lipinski definition) is 0. The third kappa shape index (κ3) is 5.88. The first-order valence-corrected chi connectivity index (χ1v) is 27.1. The van der Waals surface area contributed by atoms with Crippen LogP contribution >= 0.6 is 0 Å². The average Bonchev–Trinajstić information content (AvgIpc) is 4.40. The van der Waals surface area contributed by atoms with E-state index in [9.17, 15) is 0 Å². The van der Waals surface area contributed by atoms with Crippen molar-refractivity contribution in [2.75, 3.05) is 9.80 Å². The Hall–Kier alpha value is -9.96. The maximum Gasteiger partial charge on any atom is 0.137 e. The largest absolute Gasteiger partial charge is 0.456 e. The van der Waals surface area contributed by atoms with Gasteiger partial charge in [-0.2, -0.15) is 0 Å². The van der Waals surface area contributed by atoms with Crippen LogP contribution in [0.3, 0.4) is 0 Å². The molecule has 0 N–H and O–H groups in total. The van der Waals surface area contributed by atoms with Gasteiger partial charge in [0.1, 0.15) is 11.2 Å². The molecule has 1 atom stereocenters. The van der Waals surface area contributed by atoms with Crippen molar-refractivity contribution in [2.24, 2.45) is 0 Å². The van der Waals surface area contributed by atoms with Gasteiger partial charge in [-0.05, 0) is 180 Å². The van der Waals surface area contributed by atoms with Gasteiger partial charge in [0.25, 0.3) is 0 Å². The highest BCUT2D eigenvalue weighted by molar-refractivity contribution is 6.06. The number of nitrogens with zero attached hydrogens (tertiary/aromatic N) is 2. The van der Waals surface area contributed by atoms with Crippen molar-refractivity contribution in [3.8, 4) is 55.6 Å². The van der Waals surface area contributed by atoms with Gasteiger partial charge in [-0.1, -0.05) is 188 Å². The Morgan fingerprint density at radius 2 is 0.756 bits per heavy atom. The summed E-state index contributed by atoms with van der Waals surface area (Å²) in [5.74, 6) is 0. The van der Waals surface area contributed by atoms with Crippen molar-refractivity contribution in [3.05, 3.63) is 312 Å². The molecule has 13 aromatic rings. The first-order chi connectivity index (χ1) is 38.5. The fraction of sp³-hybridized carbons (Fsp3) is 0.0400. The smallest absolute Gasteiger partial charge is 0.137 e. The molecule has 1 aliphatic heterocycles. The molecular formula is C75H48N2O. The molecule has 3 heteroatoms. The third-order valence-corrected chi connectivity index (χ3v) is 17.8. The summed E-state index contributed by atoms with van der Waals surface area (Å²) < 4.78 is 6.70. The molecule has 3 nitrogen and oxygen atoms in total. The molecule has 2 heterocycles. The lowest BCUT2D eigenvalue weighted by Crippen LogP contribution is -2.25. The Bertz CT molecular complexity index is 4610. The van der Waals surface area contributed by atoms with Gasteiger partial charge in [0.15, 0.2) is 0 Å². The summed E-state index contributed by atoms with van der Waals surface area (Å²) in [4.78, 5) is 4.95. The zero-order valence-electron chi connectivity index (χ0n) is 42.8. The molecule has 3 aliphatic carbocycles. The number of rotatable bonds is 4. The van der Waals surface area contributed by atoms with Crippen LogP contribution in [0.5, 0.6) is 0 Å². The van der Waals surface area contributed by atoms with E-state index < -0.39 is 10.8 Å². The Balaban J connectivity index is 0.969. The van der Waals surface area contributed by atoms with E-state index >= 15 is 0 Å². The number of para-hydroxylation sites is 1. The molecule has 4 aliphatic rings. The summed E-state index contributed by atoms with van der Waals surface area (Å²) in [5, 5.41) is 2.21. The van der Waals surface area contributed by atoms with Crippen LogP contribution in [0, 0.1) is 0 Å². The van der Waals surface area contributed by atoms with Crippen molar-refractivity contribution in [2.45, 2.75) is 17.8 Å². The van der Waals surface area contributed by atoms with E-state index in [1.165, 1.54) is 77.9 Å². The number of anilines is 6. The lowest BCUT2D eigenvalue weighted by Gasteiger charge is -2.35. The van der Waals surface area contributed by atoms with Crippen molar-refractivity contribution in [1.29, 1.82) is 0 Å². The monoisotopic (exact) mass is 992 g/mol. The summed E-state index contributed by atoms with van der Waals surface area (Å²) in [6, 6.07) is 102. The summed E-state index contributed by atoms with van der Waals surface area (Å²) >= 11 is 0. The van der Waals surface area contributed by atoms with Crippen LogP contribution in [-0.2, 0) is 10.8 Å². The Morgan fingerprint density at radius 3 is 1.47 bits per heavy atom. The Kier molecular flexibility index (Phi) is 8.90. The Morgan fingerprint density at radius 1 is 0.269 bits per heavy atom. The van der Waals surface area contributed by atoms with E-state index in [0.717, 1.165) is 72.8 Å². The second-order valence-corrected chi connectivity index (χ2v) is 21.7. The summed E-state index contributed by atoms with van der Waals surface area (Å²) in [6.45, 7) is 2.43. The molecule has 6 bridgehead atoms. The van der Waals surface area contributed by atoms with Crippen molar-refractivity contribution in [3.63, 3.8) is 0 Å². The molecule has 12 aromatic carbocycles. The predicted octanol–water partition coefficient (Wildman–Crippen LogP) is 19.9. The molecule has 1 unspecified atom stereocenters. The van der Waals surface area contributed by atoms with Gasteiger partial charge in [-0.25, -0.2) is 0 Å². The van der Waals surface area contributed by atoms with Crippen LogP contribution in [0.1, 0.15) is 45.9 Å².